The predicted molar refractivity (Wildman–Crippen MR) is 84.8 cm³/mol. The molecule has 100 valence electrons. The molecule has 0 aromatic heterocycles. The molecule has 0 unspecified atom stereocenters. The summed E-state index contributed by atoms with van der Waals surface area (Å²) < 4.78 is 0. The smallest absolute Gasteiger partial charge is 0.0178 e. The van der Waals surface area contributed by atoms with Crippen LogP contribution in [0.3, 0.4) is 0 Å². The summed E-state index contributed by atoms with van der Waals surface area (Å²) in [5.74, 6) is 0. The molecule has 2 rings (SSSR count). The zero-order valence-electron chi connectivity index (χ0n) is 12.8. The van der Waals surface area contributed by atoms with Crippen molar-refractivity contribution in [1.82, 2.24) is 0 Å². The highest BCUT2D eigenvalue weighted by atomic mass is 14.1. The molecule has 0 amide bonds. The van der Waals surface area contributed by atoms with Crippen LogP contribution in [0, 0.1) is 20.8 Å². The summed E-state index contributed by atoms with van der Waals surface area (Å²) in [6.45, 7) is 11.1. The van der Waals surface area contributed by atoms with Crippen molar-refractivity contribution in [1.29, 1.82) is 0 Å². The molecule has 0 N–H and O–H groups in total. The highest BCUT2D eigenvalue weighted by Gasteiger charge is 2.05. The van der Waals surface area contributed by atoms with Gasteiger partial charge >= 0.3 is 0 Å². The molecule has 0 atom stereocenters. The van der Waals surface area contributed by atoms with Gasteiger partial charge in [0.15, 0.2) is 0 Å². The molecule has 19 heavy (non-hydrogen) atoms. The van der Waals surface area contributed by atoms with Crippen molar-refractivity contribution in [2.45, 2.75) is 47.5 Å². The average molecular weight is 252 g/mol. The van der Waals surface area contributed by atoms with Crippen LogP contribution >= 0.6 is 0 Å². The number of hydrogen-bond acceptors (Lipinski definition) is 0. The van der Waals surface area contributed by atoms with Crippen molar-refractivity contribution in [3.63, 3.8) is 0 Å². The lowest BCUT2D eigenvalue weighted by atomic mass is 9.93. The molecule has 2 aromatic carbocycles. The Labute approximate surface area is 117 Å². The molecule has 0 spiro atoms. The van der Waals surface area contributed by atoms with E-state index in [2.05, 4.69) is 65.0 Å². The molecule has 0 saturated heterocycles. The Morgan fingerprint density at radius 2 is 1.05 bits per heavy atom. The van der Waals surface area contributed by atoms with Gasteiger partial charge in [0.25, 0.3) is 0 Å². The Morgan fingerprint density at radius 3 is 1.47 bits per heavy atom. The number of hydrogen-bond donors (Lipinski definition) is 0. The second-order valence-electron chi connectivity index (χ2n) is 5.48. The first-order valence-electron chi connectivity index (χ1n) is 7.26. The fourth-order valence-corrected chi connectivity index (χ4v) is 2.54. The number of aryl methyl sites for hydroxylation is 4. The highest BCUT2D eigenvalue weighted by molar-refractivity contribution is 5.67. The molecule has 0 aliphatic rings. The van der Waals surface area contributed by atoms with E-state index in [0.717, 1.165) is 12.8 Å². The molecule has 0 aliphatic carbocycles. The minimum Gasteiger partial charge on any atom is -0.0613 e. The third-order valence-electron chi connectivity index (χ3n) is 4.13. The molecule has 0 heterocycles. The van der Waals surface area contributed by atoms with Crippen LogP contribution in [0.5, 0.6) is 0 Å². The summed E-state index contributed by atoms with van der Waals surface area (Å²) in [5, 5.41) is 0. The fourth-order valence-electron chi connectivity index (χ4n) is 2.54. The number of benzene rings is 2. The zero-order valence-corrected chi connectivity index (χ0v) is 12.8. The van der Waals surface area contributed by atoms with Gasteiger partial charge in [0.1, 0.15) is 0 Å². The SMILES string of the molecule is CCc1cc(CC)cc(-c2cc(C)c(C)c(C)c2)c1. The topological polar surface area (TPSA) is 0 Å². The van der Waals surface area contributed by atoms with Crippen molar-refractivity contribution >= 4 is 0 Å². The van der Waals surface area contributed by atoms with Gasteiger partial charge in [-0.1, -0.05) is 44.2 Å². The summed E-state index contributed by atoms with van der Waals surface area (Å²) >= 11 is 0. The zero-order chi connectivity index (χ0) is 14.0. The van der Waals surface area contributed by atoms with Crippen molar-refractivity contribution in [3.8, 4) is 11.1 Å². The van der Waals surface area contributed by atoms with Crippen LogP contribution in [0.1, 0.15) is 41.7 Å². The molecule has 2 aromatic rings. The van der Waals surface area contributed by atoms with E-state index < -0.39 is 0 Å². The van der Waals surface area contributed by atoms with Gasteiger partial charge in [-0.3, -0.25) is 0 Å². The molecular formula is C19H24. The Hall–Kier alpha value is -1.56. The predicted octanol–water partition coefficient (Wildman–Crippen LogP) is 5.40. The third kappa shape index (κ3) is 2.89. The standard InChI is InChI=1S/C19H24/c1-6-16-10-17(7-2)12-19(11-16)18-8-13(3)15(5)14(4)9-18/h8-12H,6-7H2,1-5H3. The van der Waals surface area contributed by atoms with E-state index in [9.17, 15) is 0 Å². The van der Waals surface area contributed by atoms with Crippen molar-refractivity contribution in [3.05, 3.63) is 58.1 Å². The maximum Gasteiger partial charge on any atom is -0.0178 e. The lowest BCUT2D eigenvalue weighted by Crippen LogP contribution is -1.92. The molecule has 0 fully saturated rings. The summed E-state index contributed by atoms with van der Waals surface area (Å²) in [4.78, 5) is 0. The van der Waals surface area contributed by atoms with E-state index in [-0.39, 0.29) is 0 Å². The van der Waals surface area contributed by atoms with E-state index in [4.69, 9.17) is 0 Å². The Balaban J connectivity index is 2.58. The summed E-state index contributed by atoms with van der Waals surface area (Å²) in [6, 6.07) is 11.6. The molecule has 0 radical (unpaired) electrons. The molecule has 0 aliphatic heterocycles. The van der Waals surface area contributed by atoms with Crippen molar-refractivity contribution in [2.24, 2.45) is 0 Å². The first-order chi connectivity index (χ1) is 9.05. The Kier molecular flexibility index (Phi) is 4.09. The van der Waals surface area contributed by atoms with E-state index in [1.54, 1.807) is 0 Å². The van der Waals surface area contributed by atoms with Gasteiger partial charge in [0.2, 0.25) is 0 Å². The Morgan fingerprint density at radius 1 is 0.632 bits per heavy atom. The van der Waals surface area contributed by atoms with Gasteiger partial charge in [-0.05, 0) is 72.6 Å². The fraction of sp³-hybridized carbons (Fsp3) is 0.368. The monoisotopic (exact) mass is 252 g/mol. The van der Waals surface area contributed by atoms with Gasteiger partial charge in [-0.2, -0.15) is 0 Å². The van der Waals surface area contributed by atoms with Crippen molar-refractivity contribution in [2.75, 3.05) is 0 Å². The van der Waals surface area contributed by atoms with Gasteiger partial charge in [-0.25, -0.2) is 0 Å². The first kappa shape index (κ1) is 13.9. The quantitative estimate of drug-likeness (QED) is 0.685. The van der Waals surface area contributed by atoms with Crippen LogP contribution in [0.15, 0.2) is 30.3 Å². The molecular weight excluding hydrogens is 228 g/mol. The molecule has 0 saturated carbocycles. The summed E-state index contributed by atoms with van der Waals surface area (Å²) in [5.41, 5.74) is 9.76. The normalized spacial score (nSPS) is 10.8. The van der Waals surface area contributed by atoms with Crippen LogP contribution in [0.2, 0.25) is 0 Å². The van der Waals surface area contributed by atoms with Crippen LogP contribution in [0.25, 0.3) is 11.1 Å². The summed E-state index contributed by atoms with van der Waals surface area (Å²) in [6.07, 6.45) is 2.20. The first-order valence-corrected chi connectivity index (χ1v) is 7.26. The largest absolute Gasteiger partial charge is 0.0613 e. The maximum atomic E-state index is 2.34. The minimum atomic E-state index is 1.10. The van der Waals surface area contributed by atoms with E-state index in [1.807, 2.05) is 0 Å². The van der Waals surface area contributed by atoms with Crippen molar-refractivity contribution < 1.29 is 0 Å². The van der Waals surface area contributed by atoms with Gasteiger partial charge < -0.3 is 0 Å². The molecule has 0 heteroatoms. The summed E-state index contributed by atoms with van der Waals surface area (Å²) in [7, 11) is 0. The average Bonchev–Trinajstić information content (AvgIpc) is 2.43. The second kappa shape index (κ2) is 5.61. The highest BCUT2D eigenvalue weighted by Crippen LogP contribution is 2.27. The van der Waals surface area contributed by atoms with Gasteiger partial charge in [-0.15, -0.1) is 0 Å². The lowest BCUT2D eigenvalue weighted by molar-refractivity contribution is 1.09. The van der Waals surface area contributed by atoms with Crippen LogP contribution in [-0.4, -0.2) is 0 Å². The van der Waals surface area contributed by atoms with E-state index >= 15 is 0 Å². The number of rotatable bonds is 3. The lowest BCUT2D eigenvalue weighted by Gasteiger charge is -2.12. The van der Waals surface area contributed by atoms with Crippen LogP contribution < -0.4 is 0 Å². The maximum absolute atomic E-state index is 2.34. The van der Waals surface area contributed by atoms with E-state index in [0.29, 0.717) is 0 Å². The molecule has 0 bridgehead atoms. The van der Waals surface area contributed by atoms with Gasteiger partial charge in [0, 0.05) is 0 Å². The third-order valence-corrected chi connectivity index (χ3v) is 4.13. The van der Waals surface area contributed by atoms with Crippen LogP contribution in [0.4, 0.5) is 0 Å². The minimum absolute atomic E-state index is 1.10. The van der Waals surface area contributed by atoms with E-state index in [1.165, 1.54) is 38.9 Å². The van der Waals surface area contributed by atoms with Gasteiger partial charge in [0.05, 0.1) is 0 Å². The Bertz CT molecular complexity index is 546. The van der Waals surface area contributed by atoms with Crippen LogP contribution in [-0.2, 0) is 12.8 Å². The molecule has 0 nitrogen and oxygen atoms in total. The second-order valence-corrected chi connectivity index (χ2v) is 5.48.